The Morgan fingerprint density at radius 2 is 1.89 bits per heavy atom. The van der Waals surface area contributed by atoms with Gasteiger partial charge in [-0.1, -0.05) is 12.1 Å². The van der Waals surface area contributed by atoms with E-state index in [1.807, 2.05) is 43.0 Å². The van der Waals surface area contributed by atoms with Crippen LogP contribution in [-0.2, 0) is 4.79 Å². The molecule has 2 fully saturated rings. The molecule has 2 aliphatic rings. The van der Waals surface area contributed by atoms with Crippen molar-refractivity contribution < 1.29 is 14.3 Å². The van der Waals surface area contributed by atoms with Crippen LogP contribution in [-0.4, -0.2) is 58.4 Å². The van der Waals surface area contributed by atoms with Crippen LogP contribution in [0.4, 0.5) is 0 Å². The Balaban J connectivity index is 1.73. The Hall–Kier alpha value is -2.63. The first-order valence-electron chi connectivity index (χ1n) is 10.0. The Morgan fingerprint density at radius 3 is 2.61 bits per heavy atom. The fourth-order valence-electron chi connectivity index (χ4n) is 4.73. The lowest BCUT2D eigenvalue weighted by Gasteiger charge is -2.45. The van der Waals surface area contributed by atoms with Gasteiger partial charge in [0, 0.05) is 30.6 Å². The molecule has 1 aromatic heterocycles. The average molecular weight is 381 g/mol. The third kappa shape index (κ3) is 2.82. The first kappa shape index (κ1) is 18.7. The zero-order valence-corrected chi connectivity index (χ0v) is 16.8. The summed E-state index contributed by atoms with van der Waals surface area (Å²) >= 11 is 0. The van der Waals surface area contributed by atoms with Crippen molar-refractivity contribution in [1.82, 2.24) is 14.8 Å². The lowest BCUT2D eigenvalue weighted by Crippen LogP contribution is -2.62. The van der Waals surface area contributed by atoms with Gasteiger partial charge in [-0.2, -0.15) is 0 Å². The second-order valence-electron chi connectivity index (χ2n) is 8.01. The number of methoxy groups -OCH3 is 1. The molecule has 1 aromatic carbocycles. The van der Waals surface area contributed by atoms with E-state index >= 15 is 0 Å². The van der Waals surface area contributed by atoms with Crippen molar-refractivity contribution in [3.05, 3.63) is 36.0 Å². The molecule has 2 saturated heterocycles. The van der Waals surface area contributed by atoms with Gasteiger partial charge in [0.25, 0.3) is 5.91 Å². The van der Waals surface area contributed by atoms with Gasteiger partial charge in [-0.05, 0) is 51.7 Å². The number of pyridine rings is 1. The number of piperidine rings is 1. The molecule has 148 valence electrons. The van der Waals surface area contributed by atoms with E-state index in [-0.39, 0.29) is 17.9 Å². The largest absolute Gasteiger partial charge is 0.496 e. The smallest absolute Gasteiger partial charge is 0.273 e. The molecule has 6 heteroatoms. The Labute approximate surface area is 165 Å². The molecule has 2 aliphatic heterocycles. The highest BCUT2D eigenvalue weighted by molar-refractivity contribution is 6.01. The number of carbonyl (C=O) groups is 2. The second kappa shape index (κ2) is 7.08. The van der Waals surface area contributed by atoms with Crippen molar-refractivity contribution in [2.45, 2.75) is 51.1 Å². The molecular weight excluding hydrogens is 354 g/mol. The van der Waals surface area contributed by atoms with Crippen LogP contribution in [0.1, 0.15) is 50.0 Å². The summed E-state index contributed by atoms with van der Waals surface area (Å²) in [5.74, 6) is 0.536. The van der Waals surface area contributed by atoms with Gasteiger partial charge in [0.1, 0.15) is 17.0 Å². The highest BCUT2D eigenvalue weighted by Crippen LogP contribution is 2.40. The first-order valence-corrected chi connectivity index (χ1v) is 10.0. The molecule has 1 spiro atoms. The van der Waals surface area contributed by atoms with Crippen LogP contribution in [0.2, 0.25) is 0 Å². The van der Waals surface area contributed by atoms with E-state index in [0.29, 0.717) is 18.0 Å². The van der Waals surface area contributed by atoms with E-state index < -0.39 is 5.54 Å². The van der Waals surface area contributed by atoms with E-state index in [4.69, 9.17) is 4.74 Å². The molecule has 0 N–H and O–H groups in total. The van der Waals surface area contributed by atoms with Gasteiger partial charge in [0.2, 0.25) is 5.91 Å². The van der Waals surface area contributed by atoms with Crippen LogP contribution < -0.4 is 4.74 Å². The molecule has 0 radical (unpaired) electrons. The van der Waals surface area contributed by atoms with Crippen molar-refractivity contribution in [1.29, 1.82) is 0 Å². The first-order chi connectivity index (χ1) is 13.5. The maximum atomic E-state index is 13.5. The lowest BCUT2D eigenvalue weighted by atomic mass is 9.84. The molecule has 2 amide bonds. The predicted octanol–water partition coefficient (Wildman–Crippen LogP) is 3.25. The molecule has 4 rings (SSSR count). The quantitative estimate of drug-likeness (QED) is 0.819. The number of hydrogen-bond acceptors (Lipinski definition) is 4. The molecule has 3 heterocycles. The fourth-order valence-corrected chi connectivity index (χ4v) is 4.73. The van der Waals surface area contributed by atoms with Crippen molar-refractivity contribution in [3.8, 4) is 5.75 Å². The summed E-state index contributed by atoms with van der Waals surface area (Å²) in [7, 11) is 1.60. The number of fused-ring (bicyclic) bond motifs is 1. The number of likely N-dealkylation sites (tertiary alicyclic amines) is 2. The second-order valence-corrected chi connectivity index (χ2v) is 8.01. The van der Waals surface area contributed by atoms with Gasteiger partial charge in [-0.15, -0.1) is 0 Å². The number of para-hydroxylation sites is 1. The molecule has 0 saturated carbocycles. The van der Waals surface area contributed by atoms with Crippen LogP contribution in [0.25, 0.3) is 10.9 Å². The molecule has 6 nitrogen and oxygen atoms in total. The molecule has 0 aliphatic carbocycles. The number of carbonyl (C=O) groups excluding carboxylic acids is 2. The van der Waals surface area contributed by atoms with E-state index in [0.717, 1.165) is 43.1 Å². The SMILES string of the molecule is COc1cc(C(=O)N2CCCC23CCCN(C(C)C)C3=O)nc2ccccc12. The van der Waals surface area contributed by atoms with Crippen LogP contribution in [0, 0.1) is 0 Å². The van der Waals surface area contributed by atoms with Crippen LogP contribution in [0.5, 0.6) is 5.75 Å². The molecule has 2 aromatic rings. The maximum Gasteiger partial charge on any atom is 0.273 e. The number of amides is 2. The number of hydrogen-bond donors (Lipinski definition) is 0. The Morgan fingerprint density at radius 1 is 1.18 bits per heavy atom. The number of nitrogens with zero attached hydrogens (tertiary/aromatic N) is 3. The van der Waals surface area contributed by atoms with Gasteiger partial charge in [0.05, 0.1) is 12.6 Å². The van der Waals surface area contributed by atoms with E-state index in [2.05, 4.69) is 4.98 Å². The van der Waals surface area contributed by atoms with Crippen molar-refractivity contribution >= 4 is 22.7 Å². The minimum atomic E-state index is -0.722. The Kier molecular flexibility index (Phi) is 4.73. The summed E-state index contributed by atoms with van der Waals surface area (Å²) in [6.07, 6.45) is 3.22. The molecular formula is C22H27N3O3. The van der Waals surface area contributed by atoms with Crippen molar-refractivity contribution in [2.24, 2.45) is 0 Å². The minimum Gasteiger partial charge on any atom is -0.496 e. The number of aromatic nitrogens is 1. The summed E-state index contributed by atoms with van der Waals surface area (Å²) in [5, 5.41) is 0.873. The predicted molar refractivity (Wildman–Crippen MR) is 107 cm³/mol. The summed E-state index contributed by atoms with van der Waals surface area (Å²) < 4.78 is 5.50. The van der Waals surface area contributed by atoms with Crippen LogP contribution in [0.3, 0.4) is 0 Å². The van der Waals surface area contributed by atoms with Gasteiger partial charge in [-0.3, -0.25) is 9.59 Å². The van der Waals surface area contributed by atoms with Gasteiger partial charge >= 0.3 is 0 Å². The van der Waals surface area contributed by atoms with Gasteiger partial charge in [-0.25, -0.2) is 4.98 Å². The highest BCUT2D eigenvalue weighted by Gasteiger charge is 2.53. The van der Waals surface area contributed by atoms with Crippen molar-refractivity contribution in [2.75, 3.05) is 20.2 Å². The average Bonchev–Trinajstić information content (AvgIpc) is 3.12. The molecule has 1 atom stereocenters. The normalized spacial score (nSPS) is 22.5. The third-order valence-corrected chi connectivity index (χ3v) is 6.12. The molecule has 1 unspecified atom stereocenters. The highest BCUT2D eigenvalue weighted by atomic mass is 16.5. The minimum absolute atomic E-state index is 0.0901. The molecule has 0 bridgehead atoms. The monoisotopic (exact) mass is 381 g/mol. The third-order valence-electron chi connectivity index (χ3n) is 6.12. The van der Waals surface area contributed by atoms with Crippen molar-refractivity contribution in [3.63, 3.8) is 0 Å². The lowest BCUT2D eigenvalue weighted by molar-refractivity contribution is -0.147. The van der Waals surface area contributed by atoms with E-state index in [1.165, 1.54) is 0 Å². The van der Waals surface area contributed by atoms with Gasteiger partial charge in [0.15, 0.2) is 0 Å². The zero-order chi connectivity index (χ0) is 19.9. The van der Waals surface area contributed by atoms with Gasteiger partial charge < -0.3 is 14.5 Å². The molecule has 28 heavy (non-hydrogen) atoms. The summed E-state index contributed by atoms with van der Waals surface area (Å²) in [6.45, 7) is 5.43. The zero-order valence-electron chi connectivity index (χ0n) is 16.8. The summed E-state index contributed by atoms with van der Waals surface area (Å²) in [5.41, 5.74) is 0.337. The van der Waals surface area contributed by atoms with Crippen LogP contribution in [0.15, 0.2) is 30.3 Å². The standard InChI is InChI=1S/C22H27N3O3/c1-15(2)24-12-6-10-22(21(24)27)11-7-13-25(22)20(26)18-14-19(28-3)16-8-4-5-9-17(16)23-18/h4-5,8-9,14-15H,6-7,10-13H2,1-3H3. The van der Waals surface area contributed by atoms with E-state index in [9.17, 15) is 9.59 Å². The number of benzene rings is 1. The number of rotatable bonds is 3. The number of ether oxygens (including phenoxy) is 1. The van der Waals surface area contributed by atoms with E-state index in [1.54, 1.807) is 18.1 Å². The fraction of sp³-hybridized carbons (Fsp3) is 0.500. The topological polar surface area (TPSA) is 62.7 Å². The Bertz CT molecular complexity index is 926. The summed E-state index contributed by atoms with van der Waals surface area (Å²) in [6, 6.07) is 9.46. The summed E-state index contributed by atoms with van der Waals surface area (Å²) in [4.78, 5) is 35.1. The maximum absolute atomic E-state index is 13.5. The van der Waals surface area contributed by atoms with Crippen LogP contribution >= 0.6 is 0 Å².